The van der Waals surface area contributed by atoms with Crippen molar-refractivity contribution in [2.75, 3.05) is 5.73 Å². The average molecular weight is 285 g/mol. The molecule has 0 saturated heterocycles. The minimum atomic E-state index is -0.265. The van der Waals surface area contributed by atoms with Crippen LogP contribution in [0.1, 0.15) is 41.5 Å². The zero-order chi connectivity index (χ0) is 15.3. The summed E-state index contributed by atoms with van der Waals surface area (Å²) in [6.07, 6.45) is 2.16. The van der Waals surface area contributed by atoms with Gasteiger partial charge in [0.2, 0.25) is 0 Å². The van der Waals surface area contributed by atoms with E-state index in [-0.39, 0.29) is 17.5 Å². The fraction of sp³-hybridized carbons (Fsp3) is 0.412. The molecule has 4 nitrogen and oxygen atoms in total. The van der Waals surface area contributed by atoms with Crippen molar-refractivity contribution in [3.63, 3.8) is 0 Å². The Labute approximate surface area is 122 Å². The number of carbonyl (C=O) groups is 1. The van der Waals surface area contributed by atoms with Gasteiger partial charge in [-0.15, -0.1) is 0 Å². The molecule has 0 saturated carbocycles. The van der Waals surface area contributed by atoms with Crippen molar-refractivity contribution in [3.8, 4) is 0 Å². The van der Waals surface area contributed by atoms with E-state index in [9.17, 15) is 9.59 Å². The fourth-order valence-electron chi connectivity index (χ4n) is 3.35. The maximum atomic E-state index is 12.1. The van der Waals surface area contributed by atoms with E-state index >= 15 is 0 Å². The SMILES string of the molecule is Cc1cc2c3c(c(=O)oc2c(C)c1N)CC3C(C)CC=O. The highest BCUT2D eigenvalue weighted by Crippen LogP contribution is 2.45. The standard InChI is InChI=1S/C17H19NO3/c1-8(4-5-19)11-7-13-14(11)12-6-9(2)15(18)10(3)16(12)21-17(13)20/h5-6,8,11H,4,7,18H2,1-3H3. The highest BCUT2D eigenvalue weighted by Gasteiger charge is 2.36. The van der Waals surface area contributed by atoms with Crippen LogP contribution in [0.4, 0.5) is 5.69 Å². The number of aryl methyl sites for hydroxylation is 2. The molecule has 0 bridgehead atoms. The number of nitrogens with two attached hydrogens (primary N) is 1. The van der Waals surface area contributed by atoms with E-state index in [2.05, 4.69) is 6.92 Å². The third kappa shape index (κ3) is 1.89. The van der Waals surface area contributed by atoms with Gasteiger partial charge in [-0.3, -0.25) is 0 Å². The molecule has 0 spiro atoms. The Bertz CT molecular complexity index is 804. The van der Waals surface area contributed by atoms with Crippen LogP contribution in [0.15, 0.2) is 15.3 Å². The van der Waals surface area contributed by atoms with Crippen LogP contribution in [0.25, 0.3) is 11.0 Å². The van der Waals surface area contributed by atoms with Crippen molar-refractivity contribution < 1.29 is 9.21 Å². The minimum Gasteiger partial charge on any atom is -0.422 e. The van der Waals surface area contributed by atoms with Gasteiger partial charge in [-0.1, -0.05) is 6.92 Å². The Morgan fingerprint density at radius 2 is 2.19 bits per heavy atom. The number of benzene rings is 1. The lowest BCUT2D eigenvalue weighted by Crippen LogP contribution is -2.30. The lowest BCUT2D eigenvalue weighted by Gasteiger charge is -2.34. The summed E-state index contributed by atoms with van der Waals surface area (Å²) in [7, 11) is 0. The normalized spacial score (nSPS) is 18.1. The molecule has 0 amide bonds. The van der Waals surface area contributed by atoms with Gasteiger partial charge in [0.15, 0.2) is 0 Å². The third-order valence-corrected chi connectivity index (χ3v) is 4.78. The average Bonchev–Trinajstić information content (AvgIpc) is 2.39. The summed E-state index contributed by atoms with van der Waals surface area (Å²) >= 11 is 0. The first-order valence-corrected chi connectivity index (χ1v) is 7.24. The maximum absolute atomic E-state index is 12.1. The van der Waals surface area contributed by atoms with Crippen molar-refractivity contribution in [1.82, 2.24) is 0 Å². The molecule has 1 aliphatic carbocycles. The highest BCUT2D eigenvalue weighted by molar-refractivity contribution is 5.90. The fourth-order valence-corrected chi connectivity index (χ4v) is 3.35. The Kier molecular flexibility index (Phi) is 3.12. The number of carbonyl (C=O) groups excluding carboxylic acids is 1. The first-order valence-electron chi connectivity index (χ1n) is 7.24. The Morgan fingerprint density at radius 1 is 1.48 bits per heavy atom. The van der Waals surface area contributed by atoms with Gasteiger partial charge >= 0.3 is 5.63 Å². The number of fused-ring (bicyclic) bond motifs is 3. The molecule has 2 atom stereocenters. The van der Waals surface area contributed by atoms with E-state index in [1.54, 1.807) is 0 Å². The van der Waals surface area contributed by atoms with Crippen LogP contribution in [0.5, 0.6) is 0 Å². The molecule has 1 aromatic carbocycles. The zero-order valence-electron chi connectivity index (χ0n) is 12.5. The van der Waals surface area contributed by atoms with Gasteiger partial charge in [0, 0.05) is 28.6 Å². The number of aldehydes is 1. The predicted molar refractivity (Wildman–Crippen MR) is 82.7 cm³/mol. The Balaban J connectivity index is 2.28. The Morgan fingerprint density at radius 3 is 2.86 bits per heavy atom. The predicted octanol–water partition coefficient (Wildman–Crippen LogP) is 2.86. The number of hydrogen-bond acceptors (Lipinski definition) is 4. The van der Waals surface area contributed by atoms with E-state index in [0.717, 1.165) is 33.9 Å². The number of nitrogen functional groups attached to an aromatic ring is 1. The zero-order valence-corrected chi connectivity index (χ0v) is 12.5. The van der Waals surface area contributed by atoms with Gasteiger partial charge in [-0.2, -0.15) is 0 Å². The molecule has 1 heterocycles. The molecule has 2 aromatic rings. The lowest BCUT2D eigenvalue weighted by atomic mass is 9.69. The van der Waals surface area contributed by atoms with Crippen molar-refractivity contribution >= 4 is 22.9 Å². The van der Waals surface area contributed by atoms with Crippen molar-refractivity contribution in [2.45, 2.75) is 39.5 Å². The summed E-state index contributed by atoms with van der Waals surface area (Å²) in [6.45, 7) is 5.89. The molecule has 1 aliphatic rings. The molecule has 4 heteroatoms. The first-order chi connectivity index (χ1) is 9.95. The van der Waals surface area contributed by atoms with E-state index in [0.29, 0.717) is 24.1 Å². The summed E-state index contributed by atoms with van der Waals surface area (Å²) in [6, 6.07) is 2.00. The van der Waals surface area contributed by atoms with Crippen LogP contribution < -0.4 is 11.4 Å². The number of hydrogen-bond donors (Lipinski definition) is 1. The second-order valence-electron chi connectivity index (χ2n) is 6.08. The van der Waals surface area contributed by atoms with E-state index < -0.39 is 0 Å². The topological polar surface area (TPSA) is 73.3 Å². The highest BCUT2D eigenvalue weighted by atomic mass is 16.4. The van der Waals surface area contributed by atoms with Crippen LogP contribution in [-0.2, 0) is 11.2 Å². The van der Waals surface area contributed by atoms with Crippen molar-refractivity contribution in [1.29, 1.82) is 0 Å². The molecule has 0 aliphatic heterocycles. The van der Waals surface area contributed by atoms with Crippen LogP contribution in [0, 0.1) is 19.8 Å². The smallest absolute Gasteiger partial charge is 0.339 e. The van der Waals surface area contributed by atoms with Crippen molar-refractivity contribution in [3.05, 3.63) is 38.7 Å². The monoisotopic (exact) mass is 285 g/mol. The number of rotatable bonds is 3. The molecule has 1 aromatic heterocycles. The van der Waals surface area contributed by atoms with Crippen LogP contribution in [-0.4, -0.2) is 6.29 Å². The molecule has 2 N–H and O–H groups in total. The quantitative estimate of drug-likeness (QED) is 0.534. The molecule has 3 rings (SSSR count). The van der Waals surface area contributed by atoms with Gasteiger partial charge in [0.05, 0.1) is 0 Å². The molecule has 21 heavy (non-hydrogen) atoms. The third-order valence-electron chi connectivity index (χ3n) is 4.78. The number of anilines is 1. The first kappa shape index (κ1) is 13.9. The molecular formula is C17H19NO3. The van der Waals surface area contributed by atoms with E-state index in [1.165, 1.54) is 0 Å². The molecular weight excluding hydrogens is 266 g/mol. The van der Waals surface area contributed by atoms with Gasteiger partial charge in [0.25, 0.3) is 0 Å². The van der Waals surface area contributed by atoms with Crippen LogP contribution in [0.3, 0.4) is 0 Å². The van der Waals surface area contributed by atoms with Gasteiger partial charge < -0.3 is 14.9 Å². The molecule has 2 unspecified atom stereocenters. The lowest BCUT2D eigenvalue weighted by molar-refractivity contribution is -0.108. The van der Waals surface area contributed by atoms with Gasteiger partial charge in [0.1, 0.15) is 11.9 Å². The second-order valence-corrected chi connectivity index (χ2v) is 6.08. The summed E-state index contributed by atoms with van der Waals surface area (Å²) in [5.74, 6) is 0.484. The van der Waals surface area contributed by atoms with Crippen LogP contribution >= 0.6 is 0 Å². The van der Waals surface area contributed by atoms with E-state index in [4.69, 9.17) is 10.2 Å². The summed E-state index contributed by atoms with van der Waals surface area (Å²) in [4.78, 5) is 22.9. The largest absolute Gasteiger partial charge is 0.422 e. The Hall–Kier alpha value is -2.10. The van der Waals surface area contributed by atoms with E-state index in [1.807, 2.05) is 19.9 Å². The maximum Gasteiger partial charge on any atom is 0.339 e. The van der Waals surface area contributed by atoms with Crippen LogP contribution in [0.2, 0.25) is 0 Å². The van der Waals surface area contributed by atoms with Gasteiger partial charge in [-0.25, -0.2) is 4.79 Å². The summed E-state index contributed by atoms with van der Waals surface area (Å²) in [5, 5.41) is 0.975. The van der Waals surface area contributed by atoms with Gasteiger partial charge in [-0.05, 0) is 49.3 Å². The summed E-state index contributed by atoms with van der Waals surface area (Å²) < 4.78 is 5.47. The van der Waals surface area contributed by atoms with Crippen molar-refractivity contribution in [2.24, 2.45) is 5.92 Å². The molecule has 0 radical (unpaired) electrons. The molecule has 110 valence electrons. The minimum absolute atomic E-state index is 0.234. The molecule has 0 fully saturated rings. The summed E-state index contributed by atoms with van der Waals surface area (Å²) in [5.41, 5.74) is 10.7. The second kappa shape index (κ2) is 4.72.